The van der Waals surface area contributed by atoms with Crippen LogP contribution in [0.2, 0.25) is 0 Å². The van der Waals surface area contributed by atoms with E-state index in [1.807, 2.05) is 0 Å². The van der Waals surface area contributed by atoms with Crippen LogP contribution in [0.25, 0.3) is 0 Å². The minimum atomic E-state index is -0.765. The van der Waals surface area contributed by atoms with Crippen LogP contribution in [0, 0.1) is 10.1 Å². The fraction of sp³-hybridized carbons (Fsp3) is 0.0625. The molecular formula is C16H14N4O5. The Morgan fingerprint density at radius 3 is 2.48 bits per heavy atom. The van der Waals surface area contributed by atoms with Gasteiger partial charge in [0, 0.05) is 17.8 Å². The van der Waals surface area contributed by atoms with Crippen molar-refractivity contribution < 1.29 is 19.2 Å². The van der Waals surface area contributed by atoms with Gasteiger partial charge in [-0.05, 0) is 18.2 Å². The van der Waals surface area contributed by atoms with Crippen molar-refractivity contribution in [1.29, 1.82) is 0 Å². The predicted octanol–water partition coefficient (Wildman–Crippen LogP) is 1.85. The second kappa shape index (κ2) is 8.20. The SMILES string of the molecule is COC(=O)/C(=C/Nc1ccc([N+](=O)[O-])cn1)NC(=O)c1ccccc1. The molecule has 0 saturated heterocycles. The molecule has 0 bridgehead atoms. The third-order valence-corrected chi connectivity index (χ3v) is 3.01. The number of aromatic nitrogens is 1. The lowest BCUT2D eigenvalue weighted by atomic mass is 10.2. The molecule has 1 amide bonds. The average molecular weight is 342 g/mol. The van der Waals surface area contributed by atoms with Crippen LogP contribution in [0.1, 0.15) is 10.4 Å². The Morgan fingerprint density at radius 2 is 1.92 bits per heavy atom. The molecule has 1 aromatic carbocycles. The maximum Gasteiger partial charge on any atom is 0.356 e. The molecule has 0 aliphatic heterocycles. The summed E-state index contributed by atoms with van der Waals surface area (Å²) in [6, 6.07) is 10.9. The molecule has 1 heterocycles. The first-order valence-corrected chi connectivity index (χ1v) is 7.03. The minimum absolute atomic E-state index is 0.142. The van der Waals surface area contributed by atoms with E-state index in [4.69, 9.17) is 0 Å². The maximum atomic E-state index is 12.1. The van der Waals surface area contributed by atoms with Gasteiger partial charge in [0.25, 0.3) is 11.6 Å². The number of amides is 1. The van der Waals surface area contributed by atoms with E-state index in [1.54, 1.807) is 30.3 Å². The predicted molar refractivity (Wildman–Crippen MR) is 88.5 cm³/mol. The van der Waals surface area contributed by atoms with E-state index in [-0.39, 0.29) is 17.2 Å². The largest absolute Gasteiger partial charge is 0.464 e. The standard InChI is InChI=1S/C16H14N4O5/c1-25-16(22)13(19-15(21)11-5-3-2-4-6-11)10-18-14-8-7-12(9-17-14)20(23)24/h2-10H,1H3,(H,17,18)(H,19,21)/b13-10-. The number of nitrogens with one attached hydrogen (secondary N) is 2. The minimum Gasteiger partial charge on any atom is -0.464 e. The molecule has 0 unspecified atom stereocenters. The summed E-state index contributed by atoms with van der Waals surface area (Å²) in [7, 11) is 1.18. The van der Waals surface area contributed by atoms with Gasteiger partial charge in [0.1, 0.15) is 17.7 Å². The zero-order valence-electron chi connectivity index (χ0n) is 13.1. The van der Waals surface area contributed by atoms with Crippen LogP contribution in [-0.4, -0.2) is 28.9 Å². The number of nitro groups is 1. The summed E-state index contributed by atoms with van der Waals surface area (Å²) < 4.78 is 4.62. The van der Waals surface area contributed by atoms with Gasteiger partial charge in [-0.3, -0.25) is 14.9 Å². The van der Waals surface area contributed by atoms with Gasteiger partial charge in [-0.1, -0.05) is 18.2 Å². The Bertz CT molecular complexity index is 803. The molecule has 0 saturated carbocycles. The molecule has 9 heteroatoms. The van der Waals surface area contributed by atoms with Crippen molar-refractivity contribution in [2.24, 2.45) is 0 Å². The third kappa shape index (κ3) is 4.86. The molecule has 0 aliphatic rings. The van der Waals surface area contributed by atoms with E-state index in [2.05, 4.69) is 20.4 Å². The Labute approximate surface area is 142 Å². The van der Waals surface area contributed by atoms with Crippen molar-refractivity contribution in [2.75, 3.05) is 12.4 Å². The Kier molecular flexibility index (Phi) is 5.77. The molecule has 2 rings (SSSR count). The summed E-state index contributed by atoms with van der Waals surface area (Å²) in [4.78, 5) is 37.8. The molecule has 9 nitrogen and oxygen atoms in total. The van der Waals surface area contributed by atoms with Crippen LogP contribution < -0.4 is 10.6 Å². The molecular weight excluding hydrogens is 328 g/mol. The number of benzene rings is 1. The van der Waals surface area contributed by atoms with Crippen molar-refractivity contribution in [3.8, 4) is 0 Å². The summed E-state index contributed by atoms with van der Waals surface area (Å²) in [6.07, 6.45) is 2.26. The maximum absolute atomic E-state index is 12.1. The Balaban J connectivity index is 2.13. The van der Waals surface area contributed by atoms with E-state index in [1.165, 1.54) is 25.4 Å². The molecule has 0 aliphatic carbocycles. The van der Waals surface area contributed by atoms with Gasteiger partial charge in [-0.15, -0.1) is 0 Å². The second-order valence-corrected chi connectivity index (χ2v) is 4.67. The molecule has 1 aromatic heterocycles. The molecule has 0 atom stereocenters. The van der Waals surface area contributed by atoms with Crippen LogP contribution in [0.15, 0.2) is 60.6 Å². The van der Waals surface area contributed by atoms with Gasteiger partial charge in [-0.25, -0.2) is 9.78 Å². The number of methoxy groups -OCH3 is 1. The molecule has 2 N–H and O–H groups in total. The van der Waals surface area contributed by atoms with Crippen LogP contribution in [0.5, 0.6) is 0 Å². The molecule has 25 heavy (non-hydrogen) atoms. The van der Waals surface area contributed by atoms with E-state index < -0.39 is 16.8 Å². The Hall–Kier alpha value is -3.75. The van der Waals surface area contributed by atoms with Gasteiger partial charge in [-0.2, -0.15) is 0 Å². The molecule has 2 aromatic rings. The van der Waals surface area contributed by atoms with Crippen LogP contribution in [0.3, 0.4) is 0 Å². The number of rotatable bonds is 6. The van der Waals surface area contributed by atoms with Crippen LogP contribution in [0.4, 0.5) is 11.5 Å². The molecule has 0 fully saturated rings. The number of carbonyl (C=O) groups is 2. The number of esters is 1. The van der Waals surface area contributed by atoms with E-state index in [9.17, 15) is 19.7 Å². The Morgan fingerprint density at radius 1 is 1.20 bits per heavy atom. The van der Waals surface area contributed by atoms with E-state index in [0.717, 1.165) is 6.20 Å². The lowest BCUT2D eigenvalue weighted by molar-refractivity contribution is -0.385. The average Bonchev–Trinajstić information content (AvgIpc) is 2.65. The highest BCUT2D eigenvalue weighted by molar-refractivity contribution is 6.01. The summed E-state index contributed by atoms with van der Waals surface area (Å²) in [5.74, 6) is -1.00. The van der Waals surface area contributed by atoms with Gasteiger partial charge in [0.15, 0.2) is 0 Å². The second-order valence-electron chi connectivity index (χ2n) is 4.67. The van der Waals surface area contributed by atoms with Crippen molar-refractivity contribution in [3.05, 3.63) is 76.2 Å². The zero-order chi connectivity index (χ0) is 18.2. The lowest BCUT2D eigenvalue weighted by Crippen LogP contribution is -2.28. The highest BCUT2D eigenvalue weighted by Crippen LogP contribution is 2.12. The fourth-order valence-corrected chi connectivity index (χ4v) is 1.77. The molecule has 0 spiro atoms. The van der Waals surface area contributed by atoms with Crippen molar-refractivity contribution in [3.63, 3.8) is 0 Å². The summed E-state index contributed by atoms with van der Waals surface area (Å²) in [5.41, 5.74) is 0.0578. The number of anilines is 1. The number of hydrogen-bond acceptors (Lipinski definition) is 7. The zero-order valence-corrected chi connectivity index (χ0v) is 13.1. The van der Waals surface area contributed by atoms with Gasteiger partial charge < -0.3 is 15.4 Å². The fourth-order valence-electron chi connectivity index (χ4n) is 1.77. The molecule has 0 radical (unpaired) electrons. The lowest BCUT2D eigenvalue weighted by Gasteiger charge is -2.09. The van der Waals surface area contributed by atoms with Crippen molar-refractivity contribution in [1.82, 2.24) is 10.3 Å². The van der Waals surface area contributed by atoms with Crippen LogP contribution >= 0.6 is 0 Å². The molecule has 128 valence electrons. The van der Waals surface area contributed by atoms with Gasteiger partial charge >= 0.3 is 5.97 Å². The smallest absolute Gasteiger partial charge is 0.356 e. The quantitative estimate of drug-likeness (QED) is 0.355. The number of hydrogen-bond donors (Lipinski definition) is 2. The number of nitrogens with zero attached hydrogens (tertiary/aromatic N) is 2. The van der Waals surface area contributed by atoms with Crippen LogP contribution in [-0.2, 0) is 9.53 Å². The van der Waals surface area contributed by atoms with Crippen molar-refractivity contribution >= 4 is 23.4 Å². The first-order chi connectivity index (χ1) is 12.0. The number of pyridine rings is 1. The highest BCUT2D eigenvalue weighted by atomic mass is 16.6. The van der Waals surface area contributed by atoms with E-state index in [0.29, 0.717) is 5.56 Å². The summed E-state index contributed by atoms with van der Waals surface area (Å²) in [5, 5.41) is 15.7. The monoisotopic (exact) mass is 342 g/mol. The third-order valence-electron chi connectivity index (χ3n) is 3.01. The van der Waals surface area contributed by atoms with Gasteiger partial charge in [0.05, 0.1) is 12.0 Å². The normalized spacial score (nSPS) is 10.7. The van der Waals surface area contributed by atoms with Crippen molar-refractivity contribution in [2.45, 2.75) is 0 Å². The number of carbonyl (C=O) groups excluding carboxylic acids is 2. The highest BCUT2D eigenvalue weighted by Gasteiger charge is 2.15. The first-order valence-electron chi connectivity index (χ1n) is 7.03. The summed E-state index contributed by atoms with van der Waals surface area (Å²) >= 11 is 0. The van der Waals surface area contributed by atoms with Gasteiger partial charge in [0.2, 0.25) is 0 Å². The summed E-state index contributed by atoms with van der Waals surface area (Å²) in [6.45, 7) is 0. The van der Waals surface area contributed by atoms with E-state index >= 15 is 0 Å². The topological polar surface area (TPSA) is 123 Å². The first kappa shape index (κ1) is 17.6. The number of ether oxygens (including phenoxy) is 1.